The van der Waals surface area contributed by atoms with Crippen molar-refractivity contribution >= 4 is 5.82 Å². The number of nitrogen functional groups attached to an aromatic ring is 1. The van der Waals surface area contributed by atoms with E-state index < -0.39 is 0 Å². The highest BCUT2D eigenvalue weighted by Crippen LogP contribution is 2.45. The van der Waals surface area contributed by atoms with Gasteiger partial charge in [0.1, 0.15) is 0 Å². The molecule has 1 fully saturated rings. The summed E-state index contributed by atoms with van der Waals surface area (Å²) in [5.74, 6) is 0.152. The van der Waals surface area contributed by atoms with E-state index in [0.29, 0.717) is 5.69 Å². The summed E-state index contributed by atoms with van der Waals surface area (Å²) in [4.78, 5) is 7.57. The fourth-order valence-corrected chi connectivity index (χ4v) is 1.72. The number of hydrogen-bond acceptors (Lipinski definition) is 4. The van der Waals surface area contributed by atoms with Crippen molar-refractivity contribution in [2.45, 2.75) is 31.6 Å². The highest BCUT2D eigenvalue weighted by molar-refractivity contribution is 5.49. The minimum absolute atomic E-state index is 0.0162. The summed E-state index contributed by atoms with van der Waals surface area (Å²) in [5, 5.41) is 9.63. The van der Waals surface area contributed by atoms with Crippen molar-refractivity contribution in [3.05, 3.63) is 12.0 Å². The zero-order chi connectivity index (χ0) is 9.47. The first-order chi connectivity index (χ1) is 6.13. The Morgan fingerprint density at radius 3 is 2.69 bits per heavy atom. The van der Waals surface area contributed by atoms with Gasteiger partial charge in [-0.3, -0.25) is 0 Å². The molecule has 0 bridgehead atoms. The number of nitrogens with zero attached hydrogens (tertiary/aromatic N) is 2. The topological polar surface area (TPSA) is 72.0 Å². The molecule has 69 valence electrons. The Kier molecular flexibility index (Phi) is 1.65. The summed E-state index contributed by atoms with van der Waals surface area (Å²) in [7, 11) is 0. The van der Waals surface area contributed by atoms with E-state index in [0.717, 1.165) is 12.8 Å². The zero-order valence-electron chi connectivity index (χ0n) is 7.54. The number of aromatic nitrogens is 2. The van der Waals surface area contributed by atoms with Crippen LogP contribution in [0.25, 0.3) is 0 Å². The third-order valence-electron chi connectivity index (χ3n) is 2.83. The number of nitrogens with two attached hydrogens (primary N) is 1. The van der Waals surface area contributed by atoms with Crippen molar-refractivity contribution in [1.29, 1.82) is 0 Å². The molecule has 1 aromatic rings. The van der Waals surface area contributed by atoms with Gasteiger partial charge in [0.25, 0.3) is 0 Å². The van der Waals surface area contributed by atoms with E-state index in [1.807, 2.05) is 0 Å². The molecule has 0 amide bonds. The summed E-state index contributed by atoms with van der Waals surface area (Å²) in [6, 6.07) is 0. The molecule has 1 aromatic heterocycles. The Balaban J connectivity index is 2.45. The Labute approximate surface area is 76.8 Å². The molecule has 0 unspecified atom stereocenters. The first kappa shape index (κ1) is 8.29. The molecular formula is C9H12N3O. The third-order valence-corrected chi connectivity index (χ3v) is 2.83. The standard InChI is InChI=1S/C9H12N3O/c1-9(3-2-4-9)7-6(13)8(10)12-5-11-7/h13H,2-4H2,1H3,(H2,10,11,12). The summed E-state index contributed by atoms with van der Waals surface area (Å²) >= 11 is 0. The monoisotopic (exact) mass is 178 g/mol. The van der Waals surface area contributed by atoms with Gasteiger partial charge in [-0.05, 0) is 12.8 Å². The van der Waals surface area contributed by atoms with Crippen molar-refractivity contribution in [2.24, 2.45) is 0 Å². The Morgan fingerprint density at radius 2 is 2.15 bits per heavy atom. The second kappa shape index (κ2) is 2.58. The van der Waals surface area contributed by atoms with Crippen LogP contribution in [0.5, 0.6) is 5.75 Å². The first-order valence-electron chi connectivity index (χ1n) is 4.36. The second-order valence-corrected chi connectivity index (χ2v) is 3.82. The molecule has 0 spiro atoms. The van der Waals surface area contributed by atoms with E-state index in [1.165, 1.54) is 6.42 Å². The second-order valence-electron chi connectivity index (χ2n) is 3.82. The van der Waals surface area contributed by atoms with Crippen LogP contribution in [0.4, 0.5) is 5.82 Å². The van der Waals surface area contributed by atoms with Gasteiger partial charge >= 0.3 is 0 Å². The molecule has 1 aliphatic rings. The highest BCUT2D eigenvalue weighted by atomic mass is 16.3. The molecule has 1 heterocycles. The van der Waals surface area contributed by atoms with E-state index >= 15 is 0 Å². The summed E-state index contributed by atoms with van der Waals surface area (Å²) in [6.45, 7) is 2.08. The molecule has 13 heavy (non-hydrogen) atoms. The molecule has 4 nitrogen and oxygen atoms in total. The molecule has 1 aliphatic carbocycles. The molecule has 1 saturated carbocycles. The largest absolute Gasteiger partial charge is 0.503 e. The van der Waals surface area contributed by atoms with Crippen LogP contribution in [-0.4, -0.2) is 15.1 Å². The average molecular weight is 178 g/mol. The number of aromatic hydroxyl groups is 1. The van der Waals surface area contributed by atoms with Gasteiger partial charge in [-0.1, -0.05) is 13.3 Å². The van der Waals surface area contributed by atoms with Crippen molar-refractivity contribution in [2.75, 3.05) is 5.73 Å². The maximum Gasteiger partial charge on any atom is 0.200 e. The Hall–Kier alpha value is -1.32. The van der Waals surface area contributed by atoms with Gasteiger partial charge in [-0.25, -0.2) is 9.97 Å². The van der Waals surface area contributed by atoms with Crippen LogP contribution in [0.15, 0.2) is 0 Å². The van der Waals surface area contributed by atoms with E-state index in [-0.39, 0.29) is 17.0 Å². The molecule has 0 atom stereocenters. The van der Waals surface area contributed by atoms with Gasteiger partial charge in [-0.2, -0.15) is 0 Å². The fraction of sp³-hybridized carbons (Fsp3) is 0.556. The number of anilines is 1. The fourth-order valence-electron chi connectivity index (χ4n) is 1.72. The van der Waals surface area contributed by atoms with Gasteiger partial charge in [-0.15, -0.1) is 0 Å². The molecule has 1 radical (unpaired) electrons. The number of rotatable bonds is 1. The molecule has 0 aliphatic heterocycles. The minimum Gasteiger partial charge on any atom is -0.503 e. The quantitative estimate of drug-likeness (QED) is 0.673. The minimum atomic E-state index is -0.0162. The van der Waals surface area contributed by atoms with Crippen LogP contribution in [0, 0.1) is 6.33 Å². The summed E-state index contributed by atoms with van der Waals surface area (Å²) in [6.07, 6.45) is 5.73. The molecule has 2 rings (SSSR count). The van der Waals surface area contributed by atoms with Crippen molar-refractivity contribution in [3.8, 4) is 5.75 Å². The predicted molar refractivity (Wildman–Crippen MR) is 48.1 cm³/mol. The van der Waals surface area contributed by atoms with Crippen LogP contribution in [0.2, 0.25) is 0 Å². The maximum absolute atomic E-state index is 9.63. The number of hydrogen-bond donors (Lipinski definition) is 2. The lowest BCUT2D eigenvalue weighted by atomic mass is 9.68. The van der Waals surface area contributed by atoms with E-state index in [9.17, 15) is 5.11 Å². The molecule has 0 aromatic carbocycles. The van der Waals surface area contributed by atoms with Gasteiger partial charge in [0.2, 0.25) is 0 Å². The van der Waals surface area contributed by atoms with Crippen molar-refractivity contribution < 1.29 is 5.11 Å². The lowest BCUT2D eigenvalue weighted by molar-refractivity contribution is 0.254. The zero-order valence-corrected chi connectivity index (χ0v) is 7.54. The van der Waals surface area contributed by atoms with E-state index in [4.69, 9.17) is 5.73 Å². The van der Waals surface area contributed by atoms with Crippen molar-refractivity contribution in [3.63, 3.8) is 0 Å². The first-order valence-corrected chi connectivity index (χ1v) is 4.36. The normalized spacial score (nSPS) is 19.5. The van der Waals surface area contributed by atoms with Gasteiger partial charge in [0, 0.05) is 5.41 Å². The maximum atomic E-state index is 9.63. The molecule has 0 saturated heterocycles. The lowest BCUT2D eigenvalue weighted by Gasteiger charge is -2.37. The Bertz CT molecular complexity index is 334. The van der Waals surface area contributed by atoms with Crippen LogP contribution in [0.1, 0.15) is 31.9 Å². The van der Waals surface area contributed by atoms with Crippen molar-refractivity contribution in [1.82, 2.24) is 9.97 Å². The highest BCUT2D eigenvalue weighted by Gasteiger charge is 2.37. The van der Waals surface area contributed by atoms with Crippen LogP contribution < -0.4 is 5.73 Å². The molecular weight excluding hydrogens is 166 g/mol. The van der Waals surface area contributed by atoms with Gasteiger partial charge in [0.05, 0.1) is 5.69 Å². The molecule has 4 heteroatoms. The van der Waals surface area contributed by atoms with E-state index in [1.54, 1.807) is 0 Å². The Morgan fingerprint density at radius 1 is 1.46 bits per heavy atom. The SMILES string of the molecule is CC1(c2n[c]nc(N)c2O)CCC1. The van der Waals surface area contributed by atoms with Crippen LogP contribution >= 0.6 is 0 Å². The lowest BCUT2D eigenvalue weighted by Crippen LogP contribution is -2.31. The van der Waals surface area contributed by atoms with E-state index in [2.05, 4.69) is 23.2 Å². The van der Waals surface area contributed by atoms with Crippen LogP contribution in [0.3, 0.4) is 0 Å². The molecule has 3 N–H and O–H groups in total. The average Bonchev–Trinajstić information content (AvgIpc) is 2.06. The summed E-state index contributed by atoms with van der Waals surface area (Å²) in [5.41, 5.74) is 6.09. The summed E-state index contributed by atoms with van der Waals surface area (Å²) < 4.78 is 0. The van der Waals surface area contributed by atoms with Gasteiger partial charge in [0.15, 0.2) is 17.9 Å². The van der Waals surface area contributed by atoms with Crippen LogP contribution in [-0.2, 0) is 5.41 Å². The van der Waals surface area contributed by atoms with Gasteiger partial charge < -0.3 is 10.8 Å². The predicted octanol–water partition coefficient (Wildman–Crippen LogP) is 1.01. The smallest absolute Gasteiger partial charge is 0.200 e. The third kappa shape index (κ3) is 1.13.